The number of ketones is 2. The highest BCUT2D eigenvalue weighted by Crippen LogP contribution is 2.35. The molecule has 18 heavy (non-hydrogen) atoms. The summed E-state index contributed by atoms with van der Waals surface area (Å²) in [5.41, 5.74) is 2.67. The highest BCUT2D eigenvalue weighted by atomic mass is 16.1. The smallest absolute Gasteiger partial charge is 0.159 e. The summed E-state index contributed by atoms with van der Waals surface area (Å²) < 4.78 is 0. The average Bonchev–Trinajstić information content (AvgIpc) is 2.34. The van der Waals surface area contributed by atoms with Gasteiger partial charge in [-0.2, -0.15) is 0 Å². The summed E-state index contributed by atoms with van der Waals surface area (Å²) in [5, 5.41) is 0. The lowest BCUT2D eigenvalue weighted by Crippen LogP contribution is -2.34. The minimum Gasteiger partial charge on any atom is -0.295 e. The predicted octanol–water partition coefficient (Wildman–Crippen LogP) is 3.39. The predicted molar refractivity (Wildman–Crippen MR) is 72.1 cm³/mol. The number of hydrogen-bond donors (Lipinski definition) is 0. The van der Waals surface area contributed by atoms with Gasteiger partial charge in [0.05, 0.1) is 0 Å². The van der Waals surface area contributed by atoms with Crippen molar-refractivity contribution in [3.63, 3.8) is 0 Å². The molecule has 2 atom stereocenters. The molecule has 0 aromatic heterocycles. The highest BCUT2D eigenvalue weighted by molar-refractivity contribution is 6.07. The molecule has 0 saturated heterocycles. The molecule has 0 saturated carbocycles. The molecule has 2 aliphatic carbocycles. The van der Waals surface area contributed by atoms with Crippen LogP contribution in [-0.2, 0) is 9.59 Å². The summed E-state index contributed by atoms with van der Waals surface area (Å²) in [6.07, 6.45) is 10.9. The van der Waals surface area contributed by atoms with E-state index in [2.05, 4.69) is 26.0 Å². The highest BCUT2D eigenvalue weighted by Gasteiger charge is 2.36. The zero-order valence-corrected chi connectivity index (χ0v) is 11.1. The summed E-state index contributed by atoms with van der Waals surface area (Å²) in [5.74, 6) is 0.0792. The SMILES string of the molecule is CC(C)=CCCC1=CCC2C(=O)C=CC(=O)C2C1. The lowest BCUT2D eigenvalue weighted by Gasteiger charge is -2.30. The molecule has 0 N–H and O–H groups in total. The Balaban J connectivity index is 2.01. The van der Waals surface area contributed by atoms with Crippen LogP contribution < -0.4 is 0 Å². The van der Waals surface area contributed by atoms with Crippen LogP contribution in [0.2, 0.25) is 0 Å². The van der Waals surface area contributed by atoms with Gasteiger partial charge in [-0.15, -0.1) is 0 Å². The summed E-state index contributed by atoms with van der Waals surface area (Å²) in [4.78, 5) is 23.5. The molecule has 2 nitrogen and oxygen atoms in total. The van der Waals surface area contributed by atoms with E-state index in [0.29, 0.717) is 0 Å². The molecule has 0 fully saturated rings. The van der Waals surface area contributed by atoms with Crippen LogP contribution >= 0.6 is 0 Å². The first kappa shape index (κ1) is 13.0. The van der Waals surface area contributed by atoms with E-state index >= 15 is 0 Å². The monoisotopic (exact) mass is 244 g/mol. The molecule has 0 aromatic carbocycles. The average molecular weight is 244 g/mol. The fourth-order valence-electron chi connectivity index (χ4n) is 2.74. The molecule has 0 spiro atoms. The van der Waals surface area contributed by atoms with Crippen molar-refractivity contribution in [3.05, 3.63) is 35.5 Å². The maximum Gasteiger partial charge on any atom is 0.159 e. The van der Waals surface area contributed by atoms with Crippen molar-refractivity contribution in [2.45, 2.75) is 39.5 Å². The second-order valence-electron chi connectivity index (χ2n) is 5.47. The van der Waals surface area contributed by atoms with Crippen molar-refractivity contribution in [2.75, 3.05) is 0 Å². The molecule has 0 aliphatic heterocycles. The minimum atomic E-state index is -0.0887. The van der Waals surface area contributed by atoms with Crippen molar-refractivity contribution in [2.24, 2.45) is 11.8 Å². The van der Waals surface area contributed by atoms with Gasteiger partial charge in [0.25, 0.3) is 0 Å². The second kappa shape index (κ2) is 5.47. The number of allylic oxidation sites excluding steroid dienone is 6. The molecule has 0 heterocycles. The van der Waals surface area contributed by atoms with Crippen molar-refractivity contribution in [1.82, 2.24) is 0 Å². The number of rotatable bonds is 3. The normalized spacial score (nSPS) is 26.7. The lowest BCUT2D eigenvalue weighted by molar-refractivity contribution is -0.129. The first-order chi connectivity index (χ1) is 8.58. The van der Waals surface area contributed by atoms with Crippen LogP contribution in [0, 0.1) is 11.8 Å². The van der Waals surface area contributed by atoms with Gasteiger partial charge < -0.3 is 0 Å². The Kier molecular flexibility index (Phi) is 3.95. The maximum absolute atomic E-state index is 11.8. The fourth-order valence-corrected chi connectivity index (χ4v) is 2.74. The lowest BCUT2D eigenvalue weighted by atomic mass is 9.72. The third kappa shape index (κ3) is 2.87. The van der Waals surface area contributed by atoms with Crippen LogP contribution in [0.3, 0.4) is 0 Å². The third-order valence-electron chi connectivity index (χ3n) is 3.79. The molecule has 96 valence electrons. The Morgan fingerprint density at radius 3 is 2.56 bits per heavy atom. The topological polar surface area (TPSA) is 34.1 Å². The van der Waals surface area contributed by atoms with E-state index in [4.69, 9.17) is 0 Å². The molecular weight excluding hydrogens is 224 g/mol. The van der Waals surface area contributed by atoms with Crippen LogP contribution in [0.1, 0.15) is 39.5 Å². The van der Waals surface area contributed by atoms with Crippen LogP contribution in [0.4, 0.5) is 0 Å². The molecule has 2 heteroatoms. The quantitative estimate of drug-likeness (QED) is 0.713. The Bertz CT molecular complexity index is 448. The first-order valence-corrected chi connectivity index (χ1v) is 6.65. The van der Waals surface area contributed by atoms with Gasteiger partial charge >= 0.3 is 0 Å². The number of carbonyl (C=O) groups is 2. The van der Waals surface area contributed by atoms with E-state index in [1.807, 2.05) is 0 Å². The third-order valence-corrected chi connectivity index (χ3v) is 3.79. The van der Waals surface area contributed by atoms with Crippen LogP contribution in [0.15, 0.2) is 35.5 Å². The van der Waals surface area contributed by atoms with Gasteiger partial charge in [0.2, 0.25) is 0 Å². The van der Waals surface area contributed by atoms with Crippen molar-refractivity contribution < 1.29 is 9.59 Å². The zero-order valence-electron chi connectivity index (χ0n) is 11.1. The molecule has 2 rings (SSSR count). The van der Waals surface area contributed by atoms with E-state index in [0.717, 1.165) is 25.7 Å². The van der Waals surface area contributed by atoms with Crippen molar-refractivity contribution >= 4 is 11.6 Å². The van der Waals surface area contributed by atoms with E-state index in [9.17, 15) is 9.59 Å². The molecule has 0 amide bonds. The largest absolute Gasteiger partial charge is 0.295 e. The van der Waals surface area contributed by atoms with Gasteiger partial charge in [0.1, 0.15) is 0 Å². The maximum atomic E-state index is 11.8. The molecule has 0 aromatic rings. The van der Waals surface area contributed by atoms with Gasteiger partial charge in [0.15, 0.2) is 11.6 Å². The molecule has 2 aliphatic rings. The van der Waals surface area contributed by atoms with E-state index < -0.39 is 0 Å². The Morgan fingerprint density at radius 1 is 1.22 bits per heavy atom. The van der Waals surface area contributed by atoms with E-state index in [1.54, 1.807) is 0 Å². The van der Waals surface area contributed by atoms with Gasteiger partial charge in [-0.1, -0.05) is 23.3 Å². The number of carbonyl (C=O) groups excluding carboxylic acids is 2. The van der Waals surface area contributed by atoms with Gasteiger partial charge in [-0.05, 0) is 51.7 Å². The van der Waals surface area contributed by atoms with Crippen LogP contribution in [0.5, 0.6) is 0 Å². The summed E-state index contributed by atoms with van der Waals surface area (Å²) in [6, 6.07) is 0. The van der Waals surface area contributed by atoms with E-state index in [1.165, 1.54) is 23.3 Å². The second-order valence-corrected chi connectivity index (χ2v) is 5.47. The van der Waals surface area contributed by atoms with Crippen LogP contribution in [-0.4, -0.2) is 11.6 Å². The van der Waals surface area contributed by atoms with Gasteiger partial charge in [-0.3, -0.25) is 9.59 Å². The van der Waals surface area contributed by atoms with Gasteiger partial charge in [0, 0.05) is 11.8 Å². The summed E-state index contributed by atoms with van der Waals surface area (Å²) >= 11 is 0. The van der Waals surface area contributed by atoms with Crippen molar-refractivity contribution in [1.29, 1.82) is 0 Å². The molecule has 0 bridgehead atoms. The Morgan fingerprint density at radius 2 is 1.89 bits per heavy atom. The summed E-state index contributed by atoms with van der Waals surface area (Å²) in [7, 11) is 0. The number of fused-ring (bicyclic) bond motifs is 1. The molecule has 2 unspecified atom stereocenters. The minimum absolute atomic E-state index is 0.0882. The fraction of sp³-hybridized carbons (Fsp3) is 0.500. The first-order valence-electron chi connectivity index (χ1n) is 6.65. The summed E-state index contributed by atoms with van der Waals surface area (Å²) in [6.45, 7) is 4.19. The standard InChI is InChI=1S/C16H20O2/c1-11(2)4-3-5-12-6-7-13-14(10-12)16(18)9-8-15(13)17/h4,6,8-9,13-14H,3,5,7,10H2,1-2H3. The van der Waals surface area contributed by atoms with Crippen molar-refractivity contribution in [3.8, 4) is 0 Å². The number of hydrogen-bond acceptors (Lipinski definition) is 2. The van der Waals surface area contributed by atoms with Gasteiger partial charge in [-0.25, -0.2) is 0 Å². The molecular formula is C16H20O2. The molecule has 0 radical (unpaired) electrons. The van der Waals surface area contributed by atoms with Crippen LogP contribution in [0.25, 0.3) is 0 Å². The zero-order chi connectivity index (χ0) is 13.1. The Hall–Kier alpha value is -1.44. The Labute approximate surface area is 108 Å². The van der Waals surface area contributed by atoms with E-state index in [-0.39, 0.29) is 23.4 Å².